The molecule has 1 unspecified atom stereocenters. The minimum atomic E-state index is 0.875. The topological polar surface area (TPSA) is 0 Å². The predicted octanol–water partition coefficient (Wildman–Crippen LogP) is 4.06. The molecule has 0 N–H and O–H groups in total. The van der Waals surface area contributed by atoms with Gasteiger partial charge in [0.25, 0.3) is 0 Å². The second-order valence-electron chi connectivity index (χ2n) is 4.71. The van der Waals surface area contributed by atoms with E-state index in [0.717, 1.165) is 11.8 Å². The Morgan fingerprint density at radius 3 is 2.43 bits per heavy atom. The lowest BCUT2D eigenvalue weighted by molar-refractivity contribution is 0.365. The predicted molar refractivity (Wildman–Crippen MR) is 61.3 cm³/mol. The Morgan fingerprint density at radius 1 is 1.14 bits per heavy atom. The molecule has 0 nitrogen and oxygen atoms in total. The van der Waals surface area contributed by atoms with E-state index >= 15 is 0 Å². The van der Waals surface area contributed by atoms with Crippen molar-refractivity contribution in [1.29, 1.82) is 0 Å². The molecule has 1 aromatic rings. The lowest BCUT2D eigenvalue weighted by Crippen LogP contribution is -2.10. The molecule has 76 valence electrons. The van der Waals surface area contributed by atoms with Crippen molar-refractivity contribution < 1.29 is 0 Å². The van der Waals surface area contributed by atoms with Crippen LogP contribution >= 0.6 is 0 Å². The summed E-state index contributed by atoms with van der Waals surface area (Å²) in [5.74, 6) is 1.87. The molecule has 1 fully saturated rings. The second kappa shape index (κ2) is 4.63. The van der Waals surface area contributed by atoms with Gasteiger partial charge in [-0.05, 0) is 23.8 Å². The van der Waals surface area contributed by atoms with Crippen molar-refractivity contribution >= 4 is 0 Å². The number of benzene rings is 1. The molecule has 0 spiro atoms. The van der Waals surface area contributed by atoms with Crippen LogP contribution in [0.3, 0.4) is 0 Å². The van der Waals surface area contributed by atoms with Gasteiger partial charge >= 0.3 is 0 Å². The monoisotopic (exact) mass is 188 g/mol. The van der Waals surface area contributed by atoms with Gasteiger partial charge in [0.05, 0.1) is 0 Å². The molecule has 0 amide bonds. The third kappa shape index (κ3) is 2.37. The second-order valence-corrected chi connectivity index (χ2v) is 4.71. The van der Waals surface area contributed by atoms with Crippen LogP contribution in [0.1, 0.15) is 38.2 Å². The van der Waals surface area contributed by atoms with Crippen molar-refractivity contribution in [3.63, 3.8) is 0 Å². The van der Waals surface area contributed by atoms with Gasteiger partial charge in [0.2, 0.25) is 0 Å². The maximum atomic E-state index is 2.42. The zero-order valence-electron chi connectivity index (χ0n) is 9.08. The highest BCUT2D eigenvalue weighted by molar-refractivity contribution is 5.15. The third-order valence-electron chi connectivity index (χ3n) is 3.61. The molecule has 0 aromatic heterocycles. The lowest BCUT2D eigenvalue weighted by atomic mass is 9.87. The van der Waals surface area contributed by atoms with Gasteiger partial charge in [0.1, 0.15) is 0 Å². The standard InChI is InChI=1S/C14H20/c1-12(14-9-5-6-10-14)11-13-7-3-2-4-8-13/h2-4,7-8,12,14H,5-6,9-11H2,1H3. The van der Waals surface area contributed by atoms with Crippen LogP contribution < -0.4 is 0 Å². The summed E-state index contributed by atoms with van der Waals surface area (Å²) in [5.41, 5.74) is 1.51. The Hall–Kier alpha value is -0.780. The first-order chi connectivity index (χ1) is 6.86. The average Bonchev–Trinajstić information content (AvgIpc) is 2.72. The fourth-order valence-electron chi connectivity index (χ4n) is 2.68. The van der Waals surface area contributed by atoms with Crippen molar-refractivity contribution in [3.8, 4) is 0 Å². The smallest absolute Gasteiger partial charge is 0.0250 e. The van der Waals surface area contributed by atoms with Gasteiger partial charge < -0.3 is 0 Å². The molecule has 14 heavy (non-hydrogen) atoms. The van der Waals surface area contributed by atoms with Crippen LogP contribution in [-0.4, -0.2) is 0 Å². The van der Waals surface area contributed by atoms with Crippen molar-refractivity contribution in [2.75, 3.05) is 0 Å². The molecular formula is C14H20. The van der Waals surface area contributed by atoms with E-state index in [1.54, 1.807) is 0 Å². The first-order valence-corrected chi connectivity index (χ1v) is 5.90. The Labute approximate surface area is 87.3 Å². The number of hydrogen-bond acceptors (Lipinski definition) is 0. The van der Waals surface area contributed by atoms with Crippen molar-refractivity contribution in [2.24, 2.45) is 11.8 Å². The molecule has 1 aromatic carbocycles. The van der Waals surface area contributed by atoms with Crippen LogP contribution in [0.25, 0.3) is 0 Å². The van der Waals surface area contributed by atoms with E-state index in [0.29, 0.717) is 0 Å². The summed E-state index contributed by atoms with van der Waals surface area (Å²) in [5, 5.41) is 0. The maximum Gasteiger partial charge on any atom is -0.0250 e. The maximum absolute atomic E-state index is 2.42. The summed E-state index contributed by atoms with van der Waals surface area (Å²) in [6.45, 7) is 2.42. The van der Waals surface area contributed by atoms with Gasteiger partial charge in [0, 0.05) is 0 Å². The molecule has 0 aliphatic heterocycles. The first kappa shape index (κ1) is 9.76. The highest BCUT2D eigenvalue weighted by atomic mass is 14.3. The van der Waals surface area contributed by atoms with Crippen LogP contribution in [-0.2, 0) is 6.42 Å². The van der Waals surface area contributed by atoms with E-state index < -0.39 is 0 Å². The lowest BCUT2D eigenvalue weighted by Gasteiger charge is -2.18. The Kier molecular flexibility index (Phi) is 3.23. The van der Waals surface area contributed by atoms with E-state index in [9.17, 15) is 0 Å². The van der Waals surface area contributed by atoms with Gasteiger partial charge in [-0.25, -0.2) is 0 Å². The highest BCUT2D eigenvalue weighted by Crippen LogP contribution is 2.32. The SMILES string of the molecule is CC(Cc1ccccc1)C1CCCC1. The van der Waals surface area contributed by atoms with Gasteiger partial charge in [-0.3, -0.25) is 0 Å². The molecule has 1 atom stereocenters. The Balaban J connectivity index is 1.90. The third-order valence-corrected chi connectivity index (χ3v) is 3.61. The summed E-state index contributed by atoms with van der Waals surface area (Å²) in [6, 6.07) is 10.9. The van der Waals surface area contributed by atoms with E-state index in [4.69, 9.17) is 0 Å². The molecule has 0 radical (unpaired) electrons. The van der Waals surface area contributed by atoms with Gasteiger partial charge in [-0.2, -0.15) is 0 Å². The van der Waals surface area contributed by atoms with Crippen molar-refractivity contribution in [1.82, 2.24) is 0 Å². The fourth-order valence-corrected chi connectivity index (χ4v) is 2.68. The number of hydrogen-bond donors (Lipinski definition) is 0. The van der Waals surface area contributed by atoms with E-state index in [2.05, 4.69) is 37.3 Å². The van der Waals surface area contributed by atoms with Crippen LogP contribution in [0.15, 0.2) is 30.3 Å². The Bertz CT molecular complexity index is 257. The zero-order valence-corrected chi connectivity index (χ0v) is 9.08. The Morgan fingerprint density at radius 2 is 1.79 bits per heavy atom. The summed E-state index contributed by atoms with van der Waals surface area (Å²) in [4.78, 5) is 0. The molecular weight excluding hydrogens is 168 g/mol. The zero-order chi connectivity index (χ0) is 9.80. The molecule has 2 rings (SSSR count). The summed E-state index contributed by atoms with van der Waals surface area (Å²) < 4.78 is 0. The van der Waals surface area contributed by atoms with E-state index in [1.807, 2.05) is 0 Å². The fraction of sp³-hybridized carbons (Fsp3) is 0.571. The van der Waals surface area contributed by atoms with Crippen LogP contribution in [0, 0.1) is 11.8 Å². The minimum absolute atomic E-state index is 0.875. The molecule has 0 heteroatoms. The quantitative estimate of drug-likeness (QED) is 0.671. The van der Waals surface area contributed by atoms with Gasteiger partial charge in [-0.15, -0.1) is 0 Å². The summed E-state index contributed by atoms with van der Waals surface area (Å²) >= 11 is 0. The molecule has 1 aliphatic rings. The van der Waals surface area contributed by atoms with Gasteiger partial charge in [0.15, 0.2) is 0 Å². The molecule has 0 heterocycles. The van der Waals surface area contributed by atoms with Crippen LogP contribution in [0.2, 0.25) is 0 Å². The first-order valence-electron chi connectivity index (χ1n) is 5.90. The summed E-state index contributed by atoms with van der Waals surface area (Å²) in [6.07, 6.45) is 7.13. The molecule has 1 saturated carbocycles. The minimum Gasteiger partial charge on any atom is -0.0622 e. The number of rotatable bonds is 3. The largest absolute Gasteiger partial charge is 0.0622 e. The normalized spacial score (nSPS) is 19.8. The molecule has 0 bridgehead atoms. The van der Waals surface area contributed by atoms with Crippen molar-refractivity contribution in [3.05, 3.63) is 35.9 Å². The van der Waals surface area contributed by atoms with Gasteiger partial charge in [-0.1, -0.05) is 62.9 Å². The van der Waals surface area contributed by atoms with E-state index in [1.165, 1.54) is 37.7 Å². The molecule has 1 aliphatic carbocycles. The van der Waals surface area contributed by atoms with Crippen LogP contribution in [0.4, 0.5) is 0 Å². The van der Waals surface area contributed by atoms with Crippen LogP contribution in [0.5, 0.6) is 0 Å². The van der Waals surface area contributed by atoms with Crippen molar-refractivity contribution in [2.45, 2.75) is 39.0 Å². The van der Waals surface area contributed by atoms with E-state index in [-0.39, 0.29) is 0 Å². The average molecular weight is 188 g/mol. The highest BCUT2D eigenvalue weighted by Gasteiger charge is 2.21. The molecule has 0 saturated heterocycles. The summed E-state index contributed by atoms with van der Waals surface area (Å²) in [7, 11) is 0.